The number of carbonyl (C=O) groups excluding carboxylic acids is 1. The lowest BCUT2D eigenvalue weighted by molar-refractivity contribution is 0.0756. The van der Waals surface area contributed by atoms with Crippen molar-refractivity contribution in [3.8, 4) is 6.07 Å². The van der Waals surface area contributed by atoms with Gasteiger partial charge in [0.05, 0.1) is 11.3 Å². The molecular weight excluding hydrogens is 304 g/mol. The number of aromatic nitrogens is 3. The van der Waals surface area contributed by atoms with Crippen LogP contribution < -0.4 is 4.90 Å². The minimum atomic E-state index is 0.00137. The minimum Gasteiger partial charge on any atom is -0.354 e. The lowest BCUT2D eigenvalue weighted by Gasteiger charge is -2.23. The fourth-order valence-electron chi connectivity index (χ4n) is 3.04. The summed E-state index contributed by atoms with van der Waals surface area (Å²) in [6.07, 6.45) is 2.53. The molecule has 124 valence electrons. The van der Waals surface area contributed by atoms with Crippen LogP contribution in [0.1, 0.15) is 28.2 Å². The van der Waals surface area contributed by atoms with Gasteiger partial charge in [0.2, 0.25) is 0 Å². The zero-order valence-electron chi connectivity index (χ0n) is 13.9. The van der Waals surface area contributed by atoms with Gasteiger partial charge < -0.3 is 9.80 Å². The molecule has 1 saturated heterocycles. The van der Waals surface area contributed by atoms with Crippen LogP contribution in [-0.4, -0.2) is 51.8 Å². The maximum absolute atomic E-state index is 12.7. The predicted molar refractivity (Wildman–Crippen MR) is 89.6 cm³/mol. The van der Waals surface area contributed by atoms with Gasteiger partial charge in [-0.3, -0.25) is 9.48 Å². The van der Waals surface area contributed by atoms with Crippen molar-refractivity contribution in [1.82, 2.24) is 19.7 Å². The van der Waals surface area contributed by atoms with Gasteiger partial charge in [0, 0.05) is 39.4 Å². The lowest BCUT2D eigenvalue weighted by atomic mass is 10.2. The van der Waals surface area contributed by atoms with Crippen LogP contribution >= 0.6 is 0 Å². The van der Waals surface area contributed by atoms with Crippen LogP contribution in [-0.2, 0) is 7.05 Å². The molecule has 0 saturated carbocycles. The molecule has 1 amide bonds. The molecule has 0 atom stereocenters. The summed E-state index contributed by atoms with van der Waals surface area (Å²) in [7, 11) is 1.79. The van der Waals surface area contributed by atoms with E-state index in [9.17, 15) is 10.1 Å². The number of carbonyl (C=O) groups is 1. The molecule has 1 fully saturated rings. The molecule has 2 aromatic heterocycles. The average molecular weight is 324 g/mol. The third-order valence-electron chi connectivity index (χ3n) is 4.21. The molecule has 0 bridgehead atoms. The van der Waals surface area contributed by atoms with Crippen LogP contribution in [0.15, 0.2) is 24.4 Å². The molecule has 3 rings (SSSR count). The number of aryl methyl sites for hydroxylation is 2. The van der Waals surface area contributed by atoms with Gasteiger partial charge in [-0.05, 0) is 31.5 Å². The third-order valence-corrected chi connectivity index (χ3v) is 4.21. The molecule has 0 N–H and O–H groups in total. The average Bonchev–Trinajstić information content (AvgIpc) is 2.79. The Morgan fingerprint density at radius 3 is 2.83 bits per heavy atom. The Labute approximate surface area is 141 Å². The fraction of sp³-hybridized carbons (Fsp3) is 0.412. The van der Waals surface area contributed by atoms with E-state index in [-0.39, 0.29) is 5.91 Å². The highest BCUT2D eigenvalue weighted by Crippen LogP contribution is 2.19. The number of amides is 1. The van der Waals surface area contributed by atoms with Gasteiger partial charge in [-0.25, -0.2) is 4.98 Å². The molecule has 0 unspecified atom stereocenters. The lowest BCUT2D eigenvalue weighted by Crippen LogP contribution is -2.36. The van der Waals surface area contributed by atoms with Crippen LogP contribution in [0, 0.1) is 18.3 Å². The van der Waals surface area contributed by atoms with Crippen LogP contribution in [0.3, 0.4) is 0 Å². The van der Waals surface area contributed by atoms with Crippen LogP contribution in [0.5, 0.6) is 0 Å². The maximum Gasteiger partial charge on any atom is 0.272 e. The Kier molecular flexibility index (Phi) is 4.47. The van der Waals surface area contributed by atoms with E-state index in [1.165, 1.54) is 0 Å². The Bertz CT molecular complexity index is 791. The van der Waals surface area contributed by atoms with Crippen LogP contribution in [0.2, 0.25) is 0 Å². The van der Waals surface area contributed by atoms with E-state index in [4.69, 9.17) is 0 Å². The van der Waals surface area contributed by atoms with Crippen molar-refractivity contribution in [3.63, 3.8) is 0 Å². The van der Waals surface area contributed by atoms with Crippen molar-refractivity contribution in [1.29, 1.82) is 5.26 Å². The van der Waals surface area contributed by atoms with Gasteiger partial charge in [-0.15, -0.1) is 0 Å². The summed E-state index contributed by atoms with van der Waals surface area (Å²) >= 11 is 0. The van der Waals surface area contributed by atoms with Gasteiger partial charge in [0.25, 0.3) is 5.91 Å². The Hall–Kier alpha value is -2.88. The summed E-state index contributed by atoms with van der Waals surface area (Å²) in [5.41, 5.74) is 2.01. The highest BCUT2D eigenvalue weighted by atomic mass is 16.2. The number of hydrogen-bond acceptors (Lipinski definition) is 5. The monoisotopic (exact) mass is 324 g/mol. The second-order valence-corrected chi connectivity index (χ2v) is 5.91. The van der Waals surface area contributed by atoms with Crippen molar-refractivity contribution in [2.75, 3.05) is 31.1 Å². The fourth-order valence-corrected chi connectivity index (χ4v) is 3.04. The Morgan fingerprint density at radius 1 is 1.29 bits per heavy atom. The normalized spacial score (nSPS) is 15.0. The van der Waals surface area contributed by atoms with Crippen molar-refractivity contribution < 1.29 is 4.79 Å². The van der Waals surface area contributed by atoms with Gasteiger partial charge in [-0.1, -0.05) is 0 Å². The molecule has 2 aromatic rings. The first kappa shape index (κ1) is 16.0. The zero-order valence-corrected chi connectivity index (χ0v) is 13.9. The Morgan fingerprint density at radius 2 is 2.12 bits per heavy atom. The molecule has 1 aliphatic heterocycles. The van der Waals surface area contributed by atoms with E-state index in [1.807, 2.05) is 17.9 Å². The molecule has 0 radical (unpaired) electrons. The molecule has 0 aliphatic carbocycles. The molecule has 0 aromatic carbocycles. The number of nitriles is 1. The van der Waals surface area contributed by atoms with Crippen LogP contribution in [0.25, 0.3) is 0 Å². The Balaban J connectivity index is 1.75. The number of pyridine rings is 1. The largest absolute Gasteiger partial charge is 0.354 e. The van der Waals surface area contributed by atoms with E-state index in [0.29, 0.717) is 36.7 Å². The van der Waals surface area contributed by atoms with Crippen LogP contribution in [0.4, 0.5) is 5.82 Å². The van der Waals surface area contributed by atoms with Crippen molar-refractivity contribution in [2.45, 2.75) is 13.3 Å². The predicted octanol–water partition coefficient (Wildman–Crippen LogP) is 1.35. The summed E-state index contributed by atoms with van der Waals surface area (Å²) in [5, 5.41) is 13.5. The topological polar surface area (TPSA) is 78.0 Å². The maximum atomic E-state index is 12.7. The summed E-state index contributed by atoms with van der Waals surface area (Å²) < 4.78 is 1.63. The van der Waals surface area contributed by atoms with Crippen molar-refractivity contribution >= 4 is 11.7 Å². The summed E-state index contributed by atoms with van der Waals surface area (Å²) in [4.78, 5) is 21.0. The summed E-state index contributed by atoms with van der Waals surface area (Å²) in [6, 6.07) is 7.54. The second kappa shape index (κ2) is 6.71. The SMILES string of the molecule is Cc1cc(C(=O)N2CCCN(c3ncccc3C#N)CC2)n(C)n1. The van der Waals surface area contributed by atoms with E-state index in [2.05, 4.69) is 21.1 Å². The number of rotatable bonds is 2. The molecule has 0 spiro atoms. The van der Waals surface area contributed by atoms with E-state index >= 15 is 0 Å². The number of nitrogens with zero attached hydrogens (tertiary/aromatic N) is 6. The third kappa shape index (κ3) is 3.08. The highest BCUT2D eigenvalue weighted by molar-refractivity contribution is 5.92. The first-order valence-electron chi connectivity index (χ1n) is 8.00. The number of anilines is 1. The summed E-state index contributed by atoms with van der Waals surface area (Å²) in [5.74, 6) is 0.701. The first-order chi connectivity index (χ1) is 11.6. The van der Waals surface area contributed by atoms with E-state index < -0.39 is 0 Å². The second-order valence-electron chi connectivity index (χ2n) is 5.91. The van der Waals surface area contributed by atoms with Gasteiger partial charge >= 0.3 is 0 Å². The molecule has 7 heteroatoms. The number of hydrogen-bond donors (Lipinski definition) is 0. The summed E-state index contributed by atoms with van der Waals surface area (Å²) in [6.45, 7) is 4.61. The van der Waals surface area contributed by atoms with E-state index in [0.717, 1.165) is 18.7 Å². The minimum absolute atomic E-state index is 0.00137. The molecule has 24 heavy (non-hydrogen) atoms. The van der Waals surface area contributed by atoms with E-state index in [1.54, 1.807) is 30.1 Å². The standard InChI is InChI=1S/C17H20N6O/c1-13-11-15(21(2)20-13)17(24)23-8-4-7-22(9-10-23)16-14(12-18)5-3-6-19-16/h3,5-6,11H,4,7-10H2,1-2H3. The molecule has 7 nitrogen and oxygen atoms in total. The molecule has 3 heterocycles. The van der Waals surface area contributed by atoms with Gasteiger partial charge in [-0.2, -0.15) is 10.4 Å². The smallest absolute Gasteiger partial charge is 0.272 e. The van der Waals surface area contributed by atoms with Crippen molar-refractivity contribution in [3.05, 3.63) is 41.3 Å². The molecular formula is C17H20N6O. The zero-order chi connectivity index (χ0) is 17.1. The molecule has 1 aliphatic rings. The first-order valence-corrected chi connectivity index (χ1v) is 8.00. The van der Waals surface area contributed by atoms with Gasteiger partial charge in [0.1, 0.15) is 17.6 Å². The van der Waals surface area contributed by atoms with Gasteiger partial charge in [0.15, 0.2) is 0 Å². The highest BCUT2D eigenvalue weighted by Gasteiger charge is 2.24. The van der Waals surface area contributed by atoms with Crippen molar-refractivity contribution in [2.24, 2.45) is 7.05 Å². The quantitative estimate of drug-likeness (QED) is 0.833.